The number of ether oxygens (including phenoxy) is 7. The van der Waals surface area contributed by atoms with Crippen LogP contribution in [-0.4, -0.2) is 46.7 Å². The summed E-state index contributed by atoms with van der Waals surface area (Å²) in [6, 6.07) is 10.4. The summed E-state index contributed by atoms with van der Waals surface area (Å²) in [5.41, 5.74) is 2.19. The van der Waals surface area contributed by atoms with Gasteiger partial charge in [0.05, 0.1) is 40.1 Å². The standard InChI is InChI=1S/C27H24O10/c1-30-20-7-13(8-21(31-2)25(20)32-3)22-14-9-18-19(36-12-35-18)10-15(14)24(16-11-34-27(29)23(16)22)37-26(28)17-5-4-6-33-17/h4-10,16,22-24H,11-12H2,1-3H3/t16-,22+,23-,24-/m0/s1. The number of esters is 2. The van der Waals surface area contributed by atoms with Crippen molar-refractivity contribution in [3.8, 4) is 28.7 Å². The zero-order chi connectivity index (χ0) is 25.7. The third-order valence-electron chi connectivity index (χ3n) is 7.12. The Bertz CT molecular complexity index is 1340. The van der Waals surface area contributed by atoms with Crippen molar-refractivity contribution in [2.45, 2.75) is 12.0 Å². The third-order valence-corrected chi connectivity index (χ3v) is 7.12. The minimum Gasteiger partial charge on any atom is -0.493 e. The van der Waals surface area contributed by atoms with Crippen LogP contribution >= 0.6 is 0 Å². The van der Waals surface area contributed by atoms with Crippen LogP contribution in [0.15, 0.2) is 47.1 Å². The first-order valence-corrected chi connectivity index (χ1v) is 11.7. The number of carbonyl (C=O) groups excluding carboxylic acids is 2. The van der Waals surface area contributed by atoms with Gasteiger partial charge >= 0.3 is 11.9 Å². The molecule has 37 heavy (non-hydrogen) atoms. The normalized spacial score (nSPS) is 23.1. The van der Waals surface area contributed by atoms with E-state index in [1.807, 2.05) is 24.3 Å². The highest BCUT2D eigenvalue weighted by Crippen LogP contribution is 2.56. The Balaban J connectivity index is 1.54. The molecule has 0 bridgehead atoms. The quantitative estimate of drug-likeness (QED) is 0.455. The van der Waals surface area contributed by atoms with E-state index in [2.05, 4.69) is 0 Å². The minimum absolute atomic E-state index is 0.0656. The summed E-state index contributed by atoms with van der Waals surface area (Å²) in [4.78, 5) is 26.1. The molecule has 3 aromatic rings. The van der Waals surface area contributed by atoms with Gasteiger partial charge < -0.3 is 37.6 Å². The van der Waals surface area contributed by atoms with Gasteiger partial charge in [-0.1, -0.05) is 0 Å². The second-order valence-corrected chi connectivity index (χ2v) is 8.89. The molecule has 3 aliphatic rings. The Hall–Kier alpha value is -4.34. The van der Waals surface area contributed by atoms with Crippen molar-refractivity contribution in [1.82, 2.24) is 0 Å². The lowest BCUT2D eigenvalue weighted by atomic mass is 9.66. The van der Waals surface area contributed by atoms with Crippen LogP contribution in [0.5, 0.6) is 28.7 Å². The number of carbonyl (C=O) groups is 2. The van der Waals surface area contributed by atoms with Crippen LogP contribution in [0.1, 0.15) is 39.3 Å². The Morgan fingerprint density at radius 1 is 0.919 bits per heavy atom. The van der Waals surface area contributed by atoms with Gasteiger partial charge in [0.1, 0.15) is 6.10 Å². The maximum Gasteiger partial charge on any atom is 0.374 e. The van der Waals surface area contributed by atoms with Gasteiger partial charge in [0.15, 0.2) is 23.0 Å². The van der Waals surface area contributed by atoms with Crippen molar-refractivity contribution in [3.05, 3.63) is 65.1 Å². The Morgan fingerprint density at radius 3 is 2.24 bits per heavy atom. The van der Waals surface area contributed by atoms with E-state index in [1.165, 1.54) is 33.7 Å². The Kier molecular flexibility index (Phi) is 5.58. The van der Waals surface area contributed by atoms with Gasteiger partial charge in [-0.2, -0.15) is 0 Å². The maximum atomic E-state index is 13.2. The predicted octanol–water partition coefficient (Wildman–Crippen LogP) is 3.87. The highest BCUT2D eigenvalue weighted by Gasteiger charge is 2.54. The van der Waals surface area contributed by atoms with Crippen LogP contribution < -0.4 is 23.7 Å². The largest absolute Gasteiger partial charge is 0.493 e. The molecule has 4 atom stereocenters. The fraction of sp³-hybridized carbons (Fsp3) is 0.333. The molecular formula is C27H24O10. The van der Waals surface area contributed by atoms with Crippen molar-refractivity contribution in [1.29, 1.82) is 0 Å². The number of methoxy groups -OCH3 is 3. The summed E-state index contributed by atoms with van der Waals surface area (Å²) in [5, 5.41) is 0. The lowest BCUT2D eigenvalue weighted by Gasteiger charge is -2.38. The molecule has 1 aliphatic carbocycles. The van der Waals surface area contributed by atoms with Gasteiger partial charge in [-0.15, -0.1) is 0 Å². The van der Waals surface area contributed by atoms with E-state index >= 15 is 0 Å². The predicted molar refractivity (Wildman–Crippen MR) is 125 cm³/mol. The molecule has 192 valence electrons. The SMILES string of the molecule is COc1cc([C@@H]2c3cc4c(cc3[C@H](OC(=O)c3ccco3)[C@H]3COC(=O)[C@H]23)OCO4)cc(OC)c1OC. The van der Waals surface area contributed by atoms with Gasteiger partial charge in [-0.25, -0.2) is 4.79 Å². The van der Waals surface area contributed by atoms with Crippen LogP contribution in [0.25, 0.3) is 0 Å². The van der Waals surface area contributed by atoms with Crippen LogP contribution in [0.3, 0.4) is 0 Å². The average molecular weight is 508 g/mol. The number of benzene rings is 2. The molecule has 0 saturated carbocycles. The van der Waals surface area contributed by atoms with Crippen molar-refractivity contribution in [3.63, 3.8) is 0 Å². The summed E-state index contributed by atoms with van der Waals surface area (Å²) >= 11 is 0. The van der Waals surface area contributed by atoms with Gasteiger partial charge in [0, 0.05) is 17.4 Å². The van der Waals surface area contributed by atoms with E-state index < -0.39 is 29.8 Å². The van der Waals surface area contributed by atoms with E-state index in [0.29, 0.717) is 34.3 Å². The Morgan fingerprint density at radius 2 is 1.62 bits per heavy atom. The summed E-state index contributed by atoms with van der Waals surface area (Å²) in [6.45, 7) is 0.160. The number of hydrogen-bond acceptors (Lipinski definition) is 10. The lowest BCUT2D eigenvalue weighted by molar-refractivity contribution is -0.141. The average Bonchev–Trinajstić information content (AvgIpc) is 3.68. The molecule has 3 heterocycles. The maximum absolute atomic E-state index is 13.2. The number of cyclic esters (lactones) is 1. The molecule has 0 spiro atoms. The molecule has 1 fully saturated rings. The van der Waals surface area contributed by atoms with Crippen LogP contribution in [-0.2, 0) is 14.3 Å². The zero-order valence-corrected chi connectivity index (χ0v) is 20.3. The second-order valence-electron chi connectivity index (χ2n) is 8.89. The number of hydrogen-bond donors (Lipinski definition) is 0. The van der Waals surface area contributed by atoms with Crippen molar-refractivity contribution >= 4 is 11.9 Å². The Labute approximate surface area is 211 Å². The van der Waals surface area contributed by atoms with Gasteiger partial charge in [0.25, 0.3) is 0 Å². The molecule has 10 heteroatoms. The summed E-state index contributed by atoms with van der Waals surface area (Å²) in [6.07, 6.45) is 0.617. The summed E-state index contributed by atoms with van der Waals surface area (Å²) in [7, 11) is 4.59. The van der Waals surface area contributed by atoms with Crippen LogP contribution in [0.2, 0.25) is 0 Å². The molecule has 2 aromatic carbocycles. The summed E-state index contributed by atoms with van der Waals surface area (Å²) in [5.74, 6) is -0.120. The van der Waals surface area contributed by atoms with E-state index in [4.69, 9.17) is 37.6 Å². The fourth-order valence-electron chi connectivity index (χ4n) is 5.51. The smallest absolute Gasteiger partial charge is 0.374 e. The number of fused-ring (bicyclic) bond motifs is 3. The van der Waals surface area contributed by atoms with E-state index in [1.54, 1.807) is 6.07 Å². The zero-order valence-electron chi connectivity index (χ0n) is 20.3. The lowest BCUT2D eigenvalue weighted by Crippen LogP contribution is -2.36. The molecule has 2 aliphatic heterocycles. The van der Waals surface area contributed by atoms with Crippen molar-refractivity contribution in [2.24, 2.45) is 11.8 Å². The van der Waals surface area contributed by atoms with E-state index in [-0.39, 0.29) is 25.1 Å². The first-order chi connectivity index (χ1) is 18.0. The van der Waals surface area contributed by atoms with Gasteiger partial charge in [-0.3, -0.25) is 4.79 Å². The third kappa shape index (κ3) is 3.62. The highest BCUT2D eigenvalue weighted by atomic mass is 16.7. The minimum atomic E-state index is -0.781. The van der Waals surface area contributed by atoms with E-state index in [9.17, 15) is 9.59 Å². The van der Waals surface area contributed by atoms with Gasteiger partial charge in [0.2, 0.25) is 18.3 Å². The molecule has 0 N–H and O–H groups in total. The molecule has 1 aromatic heterocycles. The molecule has 0 unspecified atom stereocenters. The molecule has 0 radical (unpaired) electrons. The van der Waals surface area contributed by atoms with Gasteiger partial charge in [-0.05, 0) is 47.5 Å². The summed E-state index contributed by atoms with van der Waals surface area (Å²) < 4.78 is 44.7. The number of rotatable bonds is 6. The van der Waals surface area contributed by atoms with Crippen molar-refractivity contribution in [2.75, 3.05) is 34.7 Å². The fourth-order valence-corrected chi connectivity index (χ4v) is 5.51. The van der Waals surface area contributed by atoms with E-state index in [0.717, 1.165) is 11.1 Å². The second kappa shape index (κ2) is 8.95. The molecule has 10 nitrogen and oxygen atoms in total. The topological polar surface area (TPSA) is 112 Å². The first kappa shape index (κ1) is 23.1. The molecular weight excluding hydrogens is 484 g/mol. The van der Waals surface area contributed by atoms with Crippen LogP contribution in [0.4, 0.5) is 0 Å². The molecule has 1 saturated heterocycles. The molecule has 0 amide bonds. The number of furan rings is 1. The highest BCUT2D eigenvalue weighted by molar-refractivity contribution is 5.87. The van der Waals surface area contributed by atoms with Crippen LogP contribution in [0, 0.1) is 11.8 Å². The first-order valence-electron chi connectivity index (χ1n) is 11.7. The van der Waals surface area contributed by atoms with Crippen molar-refractivity contribution < 1.29 is 47.2 Å². The molecule has 6 rings (SSSR count). The monoisotopic (exact) mass is 508 g/mol.